The summed E-state index contributed by atoms with van der Waals surface area (Å²) < 4.78 is 14.6. The zero-order valence-electron chi connectivity index (χ0n) is 44.5. The molecule has 0 saturated heterocycles. The minimum absolute atomic E-state index is 0.140. The smallest absolute Gasteiger partial charge is 0.260 e. The van der Waals surface area contributed by atoms with E-state index in [1.165, 1.54) is 27.5 Å². The summed E-state index contributed by atoms with van der Waals surface area (Å²) in [5, 5.41) is 4.37. The molecular formula is C74H48B2N4O2. The molecule has 6 nitrogen and oxygen atoms in total. The Morgan fingerprint density at radius 1 is 0.280 bits per heavy atom. The maximum absolute atomic E-state index is 7.47. The highest BCUT2D eigenvalue weighted by Gasteiger charge is 2.48. The van der Waals surface area contributed by atoms with Crippen LogP contribution in [0.15, 0.2) is 291 Å². The summed E-state index contributed by atoms with van der Waals surface area (Å²) in [6.07, 6.45) is 0. The van der Waals surface area contributed by atoms with Crippen LogP contribution >= 0.6 is 0 Å². The van der Waals surface area contributed by atoms with Crippen molar-refractivity contribution in [1.29, 1.82) is 0 Å². The third-order valence-corrected chi connectivity index (χ3v) is 17.0. The zero-order chi connectivity index (χ0) is 53.8. The molecule has 0 spiro atoms. The average Bonchev–Trinajstić information content (AvgIpc) is 1.38. The topological polar surface area (TPSA) is 31.4 Å². The van der Waals surface area contributed by atoms with Crippen molar-refractivity contribution in [3.05, 3.63) is 291 Å². The van der Waals surface area contributed by atoms with E-state index in [9.17, 15) is 0 Å². The maximum Gasteiger partial charge on any atom is 0.260 e. The average molecular weight is 1050 g/mol. The molecule has 0 aliphatic carbocycles. The minimum Gasteiger partial charge on any atom is -0.458 e. The van der Waals surface area contributed by atoms with Gasteiger partial charge < -0.3 is 29.1 Å². The van der Waals surface area contributed by atoms with E-state index in [0.717, 1.165) is 118 Å². The van der Waals surface area contributed by atoms with Crippen molar-refractivity contribution in [2.24, 2.45) is 0 Å². The van der Waals surface area contributed by atoms with Crippen LogP contribution in [-0.2, 0) is 0 Å². The van der Waals surface area contributed by atoms with Crippen molar-refractivity contribution in [2.45, 2.75) is 0 Å². The minimum atomic E-state index is -0.170. The highest BCUT2D eigenvalue weighted by Crippen LogP contribution is 2.50. The van der Waals surface area contributed by atoms with Crippen molar-refractivity contribution >= 4 is 136 Å². The van der Waals surface area contributed by atoms with E-state index in [1.54, 1.807) is 0 Å². The van der Waals surface area contributed by atoms with Gasteiger partial charge in [-0.25, -0.2) is 0 Å². The van der Waals surface area contributed by atoms with Crippen molar-refractivity contribution in [3.8, 4) is 23.0 Å². The Morgan fingerprint density at radius 3 is 1.37 bits per heavy atom. The van der Waals surface area contributed by atoms with E-state index in [2.05, 4.69) is 311 Å². The van der Waals surface area contributed by atoms with Gasteiger partial charge in [0.25, 0.3) is 13.4 Å². The molecule has 4 aliphatic rings. The first kappa shape index (κ1) is 46.2. The number of benzene rings is 13. The fourth-order valence-electron chi connectivity index (χ4n) is 13.6. The van der Waals surface area contributed by atoms with Crippen LogP contribution in [0.2, 0.25) is 0 Å². The van der Waals surface area contributed by atoms with Crippen molar-refractivity contribution < 1.29 is 9.47 Å². The van der Waals surface area contributed by atoms with Crippen LogP contribution in [0.5, 0.6) is 23.0 Å². The van der Waals surface area contributed by atoms with Crippen molar-refractivity contribution in [1.82, 2.24) is 0 Å². The van der Waals surface area contributed by atoms with Gasteiger partial charge in [-0.05, 0) is 165 Å². The Morgan fingerprint density at radius 2 is 0.768 bits per heavy atom. The number of hydrogen-bond acceptors (Lipinski definition) is 6. The van der Waals surface area contributed by atoms with Crippen LogP contribution in [0.1, 0.15) is 0 Å². The third-order valence-electron chi connectivity index (χ3n) is 17.0. The first-order chi connectivity index (χ1) is 40.7. The van der Waals surface area contributed by atoms with Gasteiger partial charge in [0, 0.05) is 84.9 Å². The second kappa shape index (κ2) is 18.4. The van der Waals surface area contributed by atoms with Crippen LogP contribution in [0.25, 0.3) is 21.5 Å². The molecule has 82 heavy (non-hydrogen) atoms. The van der Waals surface area contributed by atoms with Crippen LogP contribution in [0, 0.1) is 0 Å². The molecule has 4 aliphatic heterocycles. The molecule has 0 saturated carbocycles. The van der Waals surface area contributed by atoms with Gasteiger partial charge in [-0.15, -0.1) is 0 Å². The molecule has 13 aromatic carbocycles. The fourth-order valence-corrected chi connectivity index (χ4v) is 13.6. The van der Waals surface area contributed by atoms with Crippen LogP contribution in [0.4, 0.5) is 68.2 Å². The molecule has 0 amide bonds. The molecule has 382 valence electrons. The summed E-state index contributed by atoms with van der Waals surface area (Å²) in [5.74, 6) is 3.31. The number of nitrogens with zero attached hydrogens (tertiary/aromatic N) is 4. The molecule has 4 heterocycles. The molecule has 0 N–H and O–H groups in total. The van der Waals surface area contributed by atoms with Crippen molar-refractivity contribution in [2.75, 3.05) is 19.6 Å². The molecule has 0 bridgehead atoms. The van der Waals surface area contributed by atoms with Gasteiger partial charge in [0.2, 0.25) is 0 Å². The molecule has 0 atom stereocenters. The number of anilines is 12. The summed E-state index contributed by atoms with van der Waals surface area (Å²) in [6, 6.07) is 105. The van der Waals surface area contributed by atoms with Crippen LogP contribution < -0.4 is 61.9 Å². The van der Waals surface area contributed by atoms with Gasteiger partial charge in [0.1, 0.15) is 23.0 Å². The fraction of sp³-hybridized carbons (Fsp3) is 0. The van der Waals surface area contributed by atoms with Crippen LogP contribution in [-0.4, -0.2) is 13.4 Å². The van der Waals surface area contributed by atoms with Gasteiger partial charge in [0.15, 0.2) is 0 Å². The van der Waals surface area contributed by atoms with E-state index >= 15 is 0 Å². The lowest BCUT2D eigenvalue weighted by molar-refractivity contribution is 0.468. The normalized spacial score (nSPS) is 13.0. The Balaban J connectivity index is 0.915. The lowest BCUT2D eigenvalue weighted by Crippen LogP contribution is -2.64. The number of ether oxygens (including phenoxy) is 2. The molecule has 0 fully saturated rings. The number of hydrogen-bond donors (Lipinski definition) is 0. The highest BCUT2D eigenvalue weighted by molar-refractivity contribution is 7.02. The quantitative estimate of drug-likeness (QED) is 0.141. The highest BCUT2D eigenvalue weighted by atomic mass is 16.5. The predicted octanol–water partition coefficient (Wildman–Crippen LogP) is 15.7. The Labute approximate surface area is 476 Å². The number of para-hydroxylation sites is 8. The summed E-state index contributed by atoms with van der Waals surface area (Å²) >= 11 is 0. The Hall–Kier alpha value is -10.7. The van der Waals surface area contributed by atoms with E-state index in [4.69, 9.17) is 9.47 Å². The number of fused-ring (bicyclic) bond motifs is 12. The van der Waals surface area contributed by atoms with E-state index < -0.39 is 0 Å². The summed E-state index contributed by atoms with van der Waals surface area (Å²) in [5.41, 5.74) is 20.2. The molecule has 0 radical (unpaired) electrons. The van der Waals surface area contributed by atoms with Gasteiger partial charge in [-0.2, -0.15) is 0 Å². The molecule has 17 rings (SSSR count). The predicted molar refractivity (Wildman–Crippen MR) is 343 cm³/mol. The molecule has 0 unspecified atom stereocenters. The molecular weight excluding hydrogens is 998 g/mol. The zero-order valence-corrected chi connectivity index (χ0v) is 44.5. The monoisotopic (exact) mass is 1050 g/mol. The summed E-state index contributed by atoms with van der Waals surface area (Å²) in [4.78, 5) is 9.68. The van der Waals surface area contributed by atoms with Crippen molar-refractivity contribution in [3.63, 3.8) is 0 Å². The number of rotatable bonds is 8. The largest absolute Gasteiger partial charge is 0.458 e. The molecule has 0 aromatic heterocycles. The molecule has 13 aromatic rings. The second-order valence-electron chi connectivity index (χ2n) is 21.6. The van der Waals surface area contributed by atoms with Gasteiger partial charge >= 0.3 is 0 Å². The first-order valence-corrected chi connectivity index (χ1v) is 28.1. The van der Waals surface area contributed by atoms with E-state index in [-0.39, 0.29) is 13.4 Å². The first-order valence-electron chi connectivity index (χ1n) is 28.1. The Kier molecular flexibility index (Phi) is 10.4. The standard InChI is InChI=1S/C74H48B2N4O2/c1-7-23-51(24-8-1)77(52-25-9-2-10-26-52)57-39-41-59-49(43-57)45-67-71-73(59)80(56-33-17-6-18-34-56)65-37-21-19-35-61(65)75(71)63-47-64-69(48-66(63)79(67)55-31-15-5-16-32-55)81-70-46-50-44-58(78(53-27-11-3-12-28-53)54-29-13-4-14-30-54)40-42-60(50)74-72(70)76(64)62-36-20-22-38-68(62)82-74/h1-48H. The summed E-state index contributed by atoms with van der Waals surface area (Å²) in [7, 11) is 0. The second-order valence-corrected chi connectivity index (χ2v) is 21.6. The third kappa shape index (κ3) is 7.11. The van der Waals surface area contributed by atoms with E-state index in [0.29, 0.717) is 0 Å². The molecule has 8 heteroatoms. The maximum atomic E-state index is 7.47. The Bertz CT molecular complexity index is 4590. The lowest BCUT2D eigenvalue weighted by Gasteiger charge is -2.45. The van der Waals surface area contributed by atoms with Gasteiger partial charge in [-0.3, -0.25) is 0 Å². The summed E-state index contributed by atoms with van der Waals surface area (Å²) in [6.45, 7) is -0.310. The van der Waals surface area contributed by atoms with Crippen LogP contribution in [0.3, 0.4) is 0 Å². The SMILES string of the molecule is c1ccc(N(c2ccccc2)c2ccc3c4c5c(cc3c2)Oc2cc3c(cc2B5c2ccccc2O4)B2c4ccccc4N(c4ccccc4)c4c2c(cc2cc(N(c5ccccc5)c5ccccc5)ccc42)N3c2ccccc2)cc1. The lowest BCUT2D eigenvalue weighted by atomic mass is 9.30. The van der Waals surface area contributed by atoms with E-state index in [1.807, 2.05) is 0 Å². The van der Waals surface area contributed by atoms with Gasteiger partial charge in [-0.1, -0.05) is 158 Å². The van der Waals surface area contributed by atoms with Gasteiger partial charge in [0.05, 0.1) is 5.69 Å².